The third-order valence-electron chi connectivity index (χ3n) is 4.42. The number of para-hydroxylation sites is 1. The Morgan fingerprint density at radius 3 is 2.95 bits per heavy atom. The fourth-order valence-electron chi connectivity index (χ4n) is 3.14. The summed E-state index contributed by atoms with van der Waals surface area (Å²) in [6.45, 7) is 0. The maximum Gasteiger partial charge on any atom is 0.240 e. The van der Waals surface area contributed by atoms with Crippen molar-refractivity contribution in [3.05, 3.63) is 36.0 Å². The van der Waals surface area contributed by atoms with E-state index in [0.29, 0.717) is 12.3 Å². The van der Waals surface area contributed by atoms with Crippen LogP contribution in [0.5, 0.6) is 0 Å². The monoisotopic (exact) mass is 297 g/mol. The normalized spacial score (nSPS) is 16.4. The van der Waals surface area contributed by atoms with Crippen molar-refractivity contribution in [3.63, 3.8) is 0 Å². The molecule has 0 aliphatic heterocycles. The summed E-state index contributed by atoms with van der Waals surface area (Å²) in [7, 11) is 0. The molecule has 0 bridgehead atoms. The lowest BCUT2D eigenvalue weighted by atomic mass is 9.90. The van der Waals surface area contributed by atoms with E-state index >= 15 is 0 Å². The third-order valence-corrected chi connectivity index (χ3v) is 4.42. The van der Waals surface area contributed by atoms with Gasteiger partial charge in [-0.25, -0.2) is 5.43 Å². The summed E-state index contributed by atoms with van der Waals surface area (Å²) in [6, 6.07) is 8.16. The smallest absolute Gasteiger partial charge is 0.240 e. The largest absolute Gasteiger partial charge is 0.361 e. The summed E-state index contributed by atoms with van der Waals surface area (Å²) in [6.07, 6.45) is 11.4. The average molecular weight is 297 g/mol. The molecule has 4 heteroatoms. The molecule has 2 aromatic rings. The molecule has 1 fully saturated rings. The maximum atomic E-state index is 11.9. The van der Waals surface area contributed by atoms with E-state index in [-0.39, 0.29) is 5.91 Å². The summed E-state index contributed by atoms with van der Waals surface area (Å²) < 4.78 is 0. The third kappa shape index (κ3) is 3.75. The molecular formula is C18H23N3O. The van der Waals surface area contributed by atoms with Crippen LogP contribution in [0.2, 0.25) is 0 Å². The molecule has 1 aromatic heterocycles. The first-order valence-electron chi connectivity index (χ1n) is 8.20. The molecule has 0 spiro atoms. The van der Waals surface area contributed by atoms with Crippen LogP contribution < -0.4 is 5.43 Å². The van der Waals surface area contributed by atoms with Crippen LogP contribution in [0.3, 0.4) is 0 Å². The zero-order chi connectivity index (χ0) is 15.2. The lowest BCUT2D eigenvalue weighted by Gasteiger charge is -2.16. The Morgan fingerprint density at radius 1 is 1.27 bits per heavy atom. The van der Waals surface area contributed by atoms with Gasteiger partial charge in [0.15, 0.2) is 0 Å². The predicted octanol–water partition coefficient (Wildman–Crippen LogP) is 3.78. The lowest BCUT2D eigenvalue weighted by Crippen LogP contribution is -2.19. The topological polar surface area (TPSA) is 57.2 Å². The van der Waals surface area contributed by atoms with Crippen LogP contribution in [-0.4, -0.2) is 17.1 Å². The van der Waals surface area contributed by atoms with E-state index in [9.17, 15) is 4.79 Å². The standard InChI is InChI=1S/C18H23N3O/c22-18(21-20-12-14-6-2-1-3-7-14)11-10-15-13-19-17-9-5-4-8-16(15)17/h4-5,8-9,12-14,19H,1-3,6-7,10-11H2,(H,21,22)/b20-12+. The molecule has 22 heavy (non-hydrogen) atoms. The van der Waals surface area contributed by atoms with Gasteiger partial charge in [-0.1, -0.05) is 37.5 Å². The number of carbonyl (C=O) groups excluding carboxylic acids is 1. The highest BCUT2D eigenvalue weighted by Crippen LogP contribution is 2.21. The van der Waals surface area contributed by atoms with Gasteiger partial charge in [-0.05, 0) is 36.8 Å². The number of amides is 1. The molecule has 1 aliphatic rings. The van der Waals surface area contributed by atoms with E-state index in [1.54, 1.807) is 0 Å². The van der Waals surface area contributed by atoms with Gasteiger partial charge in [-0.3, -0.25) is 4.79 Å². The van der Waals surface area contributed by atoms with E-state index in [1.165, 1.54) is 43.1 Å². The average Bonchev–Trinajstić information content (AvgIpc) is 2.97. The lowest BCUT2D eigenvalue weighted by molar-refractivity contribution is -0.121. The molecule has 0 radical (unpaired) electrons. The second kappa shape index (κ2) is 7.25. The number of hydrogen-bond acceptors (Lipinski definition) is 2. The van der Waals surface area contributed by atoms with Crippen LogP contribution in [0.15, 0.2) is 35.6 Å². The quantitative estimate of drug-likeness (QED) is 0.640. The molecule has 1 aromatic carbocycles. The van der Waals surface area contributed by atoms with Gasteiger partial charge in [0.25, 0.3) is 0 Å². The Bertz CT molecular complexity index is 653. The molecule has 2 N–H and O–H groups in total. The van der Waals surface area contributed by atoms with E-state index in [2.05, 4.69) is 21.6 Å². The molecular weight excluding hydrogens is 274 g/mol. The first-order chi connectivity index (χ1) is 10.8. The van der Waals surface area contributed by atoms with Crippen LogP contribution in [0.25, 0.3) is 10.9 Å². The zero-order valence-corrected chi connectivity index (χ0v) is 12.8. The van der Waals surface area contributed by atoms with Crippen molar-refractivity contribution < 1.29 is 4.79 Å². The minimum Gasteiger partial charge on any atom is -0.361 e. The van der Waals surface area contributed by atoms with Crippen molar-refractivity contribution in [2.75, 3.05) is 0 Å². The molecule has 1 amide bonds. The molecule has 4 nitrogen and oxygen atoms in total. The number of hydrogen-bond donors (Lipinski definition) is 2. The van der Waals surface area contributed by atoms with Crippen LogP contribution in [0, 0.1) is 5.92 Å². The number of aromatic nitrogens is 1. The van der Waals surface area contributed by atoms with Gasteiger partial charge in [0.2, 0.25) is 5.91 Å². The van der Waals surface area contributed by atoms with Crippen molar-refractivity contribution in [2.45, 2.75) is 44.9 Å². The van der Waals surface area contributed by atoms with Gasteiger partial charge >= 0.3 is 0 Å². The fourth-order valence-corrected chi connectivity index (χ4v) is 3.14. The van der Waals surface area contributed by atoms with Crippen molar-refractivity contribution in [1.82, 2.24) is 10.4 Å². The first-order valence-corrected chi connectivity index (χ1v) is 8.20. The summed E-state index contributed by atoms with van der Waals surface area (Å²) in [4.78, 5) is 15.1. The molecule has 1 saturated carbocycles. The van der Waals surface area contributed by atoms with Gasteiger partial charge in [-0.2, -0.15) is 5.10 Å². The van der Waals surface area contributed by atoms with Crippen molar-refractivity contribution in [3.8, 4) is 0 Å². The number of H-pyrrole nitrogens is 1. The van der Waals surface area contributed by atoms with Gasteiger partial charge in [0.05, 0.1) is 0 Å². The van der Waals surface area contributed by atoms with E-state index in [4.69, 9.17) is 0 Å². The van der Waals surface area contributed by atoms with Gasteiger partial charge in [-0.15, -0.1) is 0 Å². The molecule has 1 aliphatic carbocycles. The second-order valence-corrected chi connectivity index (χ2v) is 6.07. The Labute approximate surface area is 131 Å². The number of hydrazone groups is 1. The highest BCUT2D eigenvalue weighted by molar-refractivity contribution is 5.84. The number of rotatable bonds is 5. The molecule has 116 valence electrons. The Kier molecular flexibility index (Phi) is 4.88. The van der Waals surface area contributed by atoms with E-state index < -0.39 is 0 Å². The molecule has 0 unspecified atom stereocenters. The van der Waals surface area contributed by atoms with Gasteiger partial charge < -0.3 is 4.98 Å². The predicted molar refractivity (Wildman–Crippen MR) is 89.8 cm³/mol. The number of benzene rings is 1. The first kappa shape index (κ1) is 14.8. The minimum absolute atomic E-state index is 0.0164. The second-order valence-electron chi connectivity index (χ2n) is 6.07. The Balaban J connectivity index is 1.47. The summed E-state index contributed by atoms with van der Waals surface area (Å²) in [5.41, 5.74) is 4.96. The Morgan fingerprint density at radius 2 is 2.09 bits per heavy atom. The molecule has 0 saturated heterocycles. The Hall–Kier alpha value is -2.10. The number of carbonyl (C=O) groups is 1. The molecule has 0 atom stereocenters. The number of nitrogens with one attached hydrogen (secondary N) is 2. The summed E-state index contributed by atoms with van der Waals surface area (Å²) >= 11 is 0. The van der Waals surface area contributed by atoms with E-state index in [0.717, 1.165) is 11.9 Å². The van der Waals surface area contributed by atoms with Crippen molar-refractivity contribution in [2.24, 2.45) is 11.0 Å². The van der Waals surface area contributed by atoms with Crippen LogP contribution in [-0.2, 0) is 11.2 Å². The van der Waals surface area contributed by atoms with Gasteiger partial charge in [0.1, 0.15) is 0 Å². The highest BCUT2D eigenvalue weighted by Gasteiger charge is 2.11. The fraction of sp³-hybridized carbons (Fsp3) is 0.444. The maximum absolute atomic E-state index is 11.9. The number of fused-ring (bicyclic) bond motifs is 1. The highest BCUT2D eigenvalue weighted by atomic mass is 16.2. The van der Waals surface area contributed by atoms with Crippen LogP contribution in [0.1, 0.15) is 44.1 Å². The summed E-state index contributed by atoms with van der Waals surface area (Å²) in [5, 5.41) is 5.32. The zero-order valence-electron chi connectivity index (χ0n) is 12.8. The van der Waals surface area contributed by atoms with Crippen molar-refractivity contribution >= 4 is 23.0 Å². The molecule has 3 rings (SSSR count). The van der Waals surface area contributed by atoms with Crippen LogP contribution >= 0.6 is 0 Å². The number of aryl methyl sites for hydroxylation is 1. The summed E-state index contributed by atoms with van der Waals surface area (Å²) in [5.74, 6) is 0.528. The number of aromatic amines is 1. The van der Waals surface area contributed by atoms with Gasteiger partial charge in [0, 0.05) is 29.7 Å². The number of nitrogens with zero attached hydrogens (tertiary/aromatic N) is 1. The molecule has 1 heterocycles. The minimum atomic E-state index is -0.0164. The van der Waals surface area contributed by atoms with E-state index in [1.807, 2.05) is 30.6 Å². The van der Waals surface area contributed by atoms with Crippen molar-refractivity contribution in [1.29, 1.82) is 0 Å². The SMILES string of the molecule is O=C(CCc1c[nH]c2ccccc12)N/N=C/C1CCCCC1. The van der Waals surface area contributed by atoms with Crippen LogP contribution in [0.4, 0.5) is 0 Å².